The second-order valence-corrected chi connectivity index (χ2v) is 7.33. The molecule has 1 aliphatic heterocycles. The highest BCUT2D eigenvalue weighted by Gasteiger charge is 2.28. The molecule has 2 N–H and O–H groups in total. The molecule has 0 spiro atoms. The molecule has 1 saturated heterocycles. The van der Waals surface area contributed by atoms with Crippen molar-refractivity contribution in [3.63, 3.8) is 0 Å². The van der Waals surface area contributed by atoms with E-state index in [0.717, 1.165) is 12.8 Å². The normalized spacial score (nSPS) is 16.9. The van der Waals surface area contributed by atoms with Gasteiger partial charge in [-0.25, -0.2) is 14.1 Å². The monoisotopic (exact) mass is 359 g/mol. The predicted molar refractivity (Wildman–Crippen MR) is 97.7 cm³/mol. The van der Waals surface area contributed by atoms with Gasteiger partial charge in [-0.3, -0.25) is 4.79 Å². The Labute approximate surface area is 153 Å². The third-order valence-corrected chi connectivity index (χ3v) is 4.96. The van der Waals surface area contributed by atoms with Crippen LogP contribution in [0.15, 0.2) is 24.3 Å². The Morgan fingerprint density at radius 3 is 2.54 bits per heavy atom. The highest BCUT2D eigenvalue weighted by atomic mass is 19.1. The Morgan fingerprint density at radius 2 is 1.96 bits per heavy atom. The maximum absolute atomic E-state index is 13.6. The Balaban J connectivity index is 1.85. The zero-order valence-corrected chi connectivity index (χ0v) is 15.5. The summed E-state index contributed by atoms with van der Waals surface area (Å²) in [5.74, 6) is 0.782. The van der Waals surface area contributed by atoms with Gasteiger partial charge in [0.15, 0.2) is 0 Å². The van der Waals surface area contributed by atoms with Crippen LogP contribution in [0.3, 0.4) is 0 Å². The molecule has 1 atom stereocenters. The van der Waals surface area contributed by atoms with Gasteiger partial charge < -0.3 is 10.6 Å². The third-order valence-electron chi connectivity index (χ3n) is 4.96. The molecule has 0 bridgehead atoms. The number of carbonyl (C=O) groups excluding carboxylic acids is 1. The number of benzene rings is 1. The van der Waals surface area contributed by atoms with Crippen LogP contribution < -0.4 is 5.73 Å². The van der Waals surface area contributed by atoms with Crippen molar-refractivity contribution in [1.82, 2.24) is 19.7 Å². The van der Waals surface area contributed by atoms with Crippen LogP contribution in [0.25, 0.3) is 5.69 Å². The first-order valence-corrected chi connectivity index (χ1v) is 9.14. The summed E-state index contributed by atoms with van der Waals surface area (Å²) in [7, 11) is 0. The van der Waals surface area contributed by atoms with Crippen LogP contribution in [0, 0.1) is 11.7 Å². The van der Waals surface area contributed by atoms with E-state index in [4.69, 9.17) is 5.73 Å². The van der Waals surface area contributed by atoms with Crippen LogP contribution in [0.4, 0.5) is 4.39 Å². The lowest BCUT2D eigenvalue weighted by Crippen LogP contribution is -2.42. The van der Waals surface area contributed by atoms with E-state index in [1.807, 2.05) is 20.8 Å². The average molecular weight is 359 g/mol. The standard InChI is InChI=1S/C19H26FN5O/c1-12(2)18-22-17(23-25(18)16-6-4-5-15(20)11-16)19(26)24-9-7-14(8-10-24)13(3)21/h4-6,11-14H,7-10,21H2,1-3H3. The summed E-state index contributed by atoms with van der Waals surface area (Å²) in [6.45, 7) is 7.29. The van der Waals surface area contributed by atoms with E-state index in [1.165, 1.54) is 12.1 Å². The fraction of sp³-hybridized carbons (Fsp3) is 0.526. The van der Waals surface area contributed by atoms with Crippen LogP contribution in [0.2, 0.25) is 0 Å². The molecule has 1 aromatic heterocycles. The maximum Gasteiger partial charge on any atom is 0.293 e. The zero-order chi connectivity index (χ0) is 18.8. The summed E-state index contributed by atoms with van der Waals surface area (Å²) in [6.07, 6.45) is 1.79. The Bertz CT molecular complexity index is 778. The van der Waals surface area contributed by atoms with Gasteiger partial charge in [-0.05, 0) is 43.9 Å². The summed E-state index contributed by atoms with van der Waals surface area (Å²) < 4.78 is 15.2. The molecule has 1 fully saturated rings. The van der Waals surface area contributed by atoms with E-state index in [0.29, 0.717) is 30.5 Å². The minimum absolute atomic E-state index is 0.0520. The van der Waals surface area contributed by atoms with Crippen LogP contribution in [0.5, 0.6) is 0 Å². The van der Waals surface area contributed by atoms with Gasteiger partial charge in [0, 0.05) is 25.0 Å². The number of likely N-dealkylation sites (tertiary alicyclic amines) is 1. The van der Waals surface area contributed by atoms with E-state index in [-0.39, 0.29) is 29.5 Å². The summed E-state index contributed by atoms with van der Waals surface area (Å²) >= 11 is 0. The first-order valence-electron chi connectivity index (χ1n) is 9.14. The van der Waals surface area contributed by atoms with E-state index in [1.54, 1.807) is 21.7 Å². The molecular weight excluding hydrogens is 333 g/mol. The zero-order valence-electron chi connectivity index (χ0n) is 15.5. The van der Waals surface area contributed by atoms with E-state index in [9.17, 15) is 9.18 Å². The third kappa shape index (κ3) is 3.77. The van der Waals surface area contributed by atoms with Gasteiger partial charge in [-0.2, -0.15) is 0 Å². The van der Waals surface area contributed by atoms with Gasteiger partial charge in [0.1, 0.15) is 11.6 Å². The Morgan fingerprint density at radius 1 is 1.27 bits per heavy atom. The average Bonchev–Trinajstić information content (AvgIpc) is 3.07. The molecule has 6 nitrogen and oxygen atoms in total. The van der Waals surface area contributed by atoms with Crippen molar-refractivity contribution < 1.29 is 9.18 Å². The van der Waals surface area contributed by atoms with Crippen molar-refractivity contribution in [2.24, 2.45) is 11.7 Å². The first kappa shape index (κ1) is 18.5. The lowest BCUT2D eigenvalue weighted by Gasteiger charge is -2.33. The molecule has 1 aliphatic rings. The number of nitrogens with two attached hydrogens (primary N) is 1. The Hall–Kier alpha value is -2.28. The molecular formula is C19H26FN5O. The highest BCUT2D eigenvalue weighted by Crippen LogP contribution is 2.22. The van der Waals surface area contributed by atoms with E-state index < -0.39 is 0 Å². The number of hydrogen-bond donors (Lipinski definition) is 1. The molecule has 2 aromatic rings. The number of aromatic nitrogens is 3. The number of amides is 1. The predicted octanol–water partition coefficient (Wildman–Crippen LogP) is 2.73. The summed E-state index contributed by atoms with van der Waals surface area (Å²) in [4.78, 5) is 19.1. The summed E-state index contributed by atoms with van der Waals surface area (Å²) in [6, 6.07) is 6.29. The maximum atomic E-state index is 13.6. The largest absolute Gasteiger partial charge is 0.336 e. The molecule has 140 valence electrons. The van der Waals surface area contributed by atoms with Gasteiger partial charge in [-0.1, -0.05) is 19.9 Å². The number of nitrogens with zero attached hydrogens (tertiary/aromatic N) is 4. The SMILES string of the molecule is CC(C)c1nc(C(=O)N2CCC(C(C)N)CC2)nn1-c1cccc(F)c1. The van der Waals surface area contributed by atoms with Gasteiger partial charge >= 0.3 is 0 Å². The molecule has 2 heterocycles. The molecule has 0 saturated carbocycles. The number of rotatable bonds is 4. The first-order chi connectivity index (χ1) is 12.4. The van der Waals surface area contributed by atoms with Crippen molar-refractivity contribution in [3.8, 4) is 5.69 Å². The molecule has 0 aliphatic carbocycles. The minimum atomic E-state index is -0.349. The lowest BCUT2D eigenvalue weighted by atomic mass is 9.91. The minimum Gasteiger partial charge on any atom is -0.336 e. The van der Waals surface area contributed by atoms with E-state index >= 15 is 0 Å². The summed E-state index contributed by atoms with van der Waals surface area (Å²) in [5.41, 5.74) is 6.54. The van der Waals surface area contributed by atoms with Crippen LogP contribution in [-0.2, 0) is 0 Å². The Kier molecular flexibility index (Phi) is 5.36. The lowest BCUT2D eigenvalue weighted by molar-refractivity contribution is 0.0668. The van der Waals surface area contributed by atoms with Crippen molar-refractivity contribution in [2.45, 2.75) is 45.6 Å². The highest BCUT2D eigenvalue weighted by molar-refractivity contribution is 5.90. The topological polar surface area (TPSA) is 77.0 Å². The fourth-order valence-corrected chi connectivity index (χ4v) is 3.36. The smallest absolute Gasteiger partial charge is 0.293 e. The number of hydrogen-bond acceptors (Lipinski definition) is 4. The molecule has 3 rings (SSSR count). The second-order valence-electron chi connectivity index (χ2n) is 7.33. The molecule has 26 heavy (non-hydrogen) atoms. The van der Waals surface area contributed by atoms with Crippen molar-refractivity contribution in [1.29, 1.82) is 0 Å². The quantitative estimate of drug-likeness (QED) is 0.911. The molecule has 1 amide bonds. The van der Waals surface area contributed by atoms with Crippen LogP contribution in [-0.4, -0.2) is 44.7 Å². The fourth-order valence-electron chi connectivity index (χ4n) is 3.36. The summed E-state index contributed by atoms with van der Waals surface area (Å²) in [5, 5.41) is 4.40. The van der Waals surface area contributed by atoms with Crippen molar-refractivity contribution in [3.05, 3.63) is 41.7 Å². The molecule has 1 aromatic carbocycles. The van der Waals surface area contributed by atoms with Crippen LogP contribution >= 0.6 is 0 Å². The van der Waals surface area contributed by atoms with Crippen LogP contribution in [0.1, 0.15) is 56.0 Å². The number of carbonyl (C=O) groups is 1. The van der Waals surface area contributed by atoms with Gasteiger partial charge in [-0.15, -0.1) is 5.10 Å². The molecule has 0 radical (unpaired) electrons. The van der Waals surface area contributed by atoms with Gasteiger partial charge in [0.05, 0.1) is 5.69 Å². The van der Waals surface area contributed by atoms with Gasteiger partial charge in [0.25, 0.3) is 5.91 Å². The number of piperidine rings is 1. The van der Waals surface area contributed by atoms with Crippen molar-refractivity contribution >= 4 is 5.91 Å². The second kappa shape index (κ2) is 7.53. The molecule has 1 unspecified atom stereocenters. The van der Waals surface area contributed by atoms with Crippen molar-refractivity contribution in [2.75, 3.05) is 13.1 Å². The van der Waals surface area contributed by atoms with E-state index in [2.05, 4.69) is 10.1 Å². The number of halogens is 1. The van der Waals surface area contributed by atoms with Gasteiger partial charge in [0.2, 0.25) is 5.82 Å². The molecule has 7 heteroatoms.